The summed E-state index contributed by atoms with van der Waals surface area (Å²) in [6, 6.07) is 1.25. The van der Waals surface area contributed by atoms with Crippen LogP contribution < -0.4 is 10.8 Å². The zero-order valence-electron chi connectivity index (χ0n) is 17.1. The van der Waals surface area contributed by atoms with Crippen LogP contribution in [0.1, 0.15) is 47.0 Å². The fraction of sp³-hybridized carbons (Fsp3) is 0.579. The molecule has 1 rings (SSSR count). The molecule has 1 unspecified atom stereocenters. The predicted molar refractivity (Wildman–Crippen MR) is 101 cm³/mol. The largest absolute Gasteiger partial charge is 0.427 e. The number of hydrogen-bond acceptors (Lipinski definition) is 5. The smallest absolute Gasteiger partial charge is 0.343 e. The molecule has 1 aromatic heterocycles. The van der Waals surface area contributed by atoms with E-state index < -0.39 is 23.3 Å². The number of hydroxylamine groups is 2. The second-order valence-corrected chi connectivity index (χ2v) is 7.38. The van der Waals surface area contributed by atoms with Gasteiger partial charge in [-0.15, -0.1) is 0 Å². The third kappa shape index (κ3) is 6.67. The fourth-order valence-corrected chi connectivity index (χ4v) is 2.84. The maximum atomic E-state index is 13.2. The second kappa shape index (κ2) is 10.7. The lowest BCUT2D eigenvalue weighted by Crippen LogP contribution is -2.58. The first-order chi connectivity index (χ1) is 13.5. The van der Waals surface area contributed by atoms with Gasteiger partial charge in [0, 0.05) is 5.92 Å². The van der Waals surface area contributed by atoms with E-state index in [0.29, 0.717) is 22.6 Å². The van der Waals surface area contributed by atoms with E-state index in [0.717, 1.165) is 24.8 Å². The molecule has 0 spiro atoms. The van der Waals surface area contributed by atoms with Crippen molar-refractivity contribution in [3.05, 3.63) is 29.6 Å². The van der Waals surface area contributed by atoms with Gasteiger partial charge in [0.2, 0.25) is 6.41 Å². The molecule has 0 aliphatic heterocycles. The van der Waals surface area contributed by atoms with E-state index in [1.165, 1.54) is 0 Å². The van der Waals surface area contributed by atoms with Gasteiger partial charge >= 0.3 is 6.03 Å². The lowest BCUT2D eigenvalue weighted by molar-refractivity contribution is -0.155. The number of urea groups is 1. The van der Waals surface area contributed by atoms with Crippen molar-refractivity contribution in [3.63, 3.8) is 0 Å². The van der Waals surface area contributed by atoms with Gasteiger partial charge in [0.25, 0.3) is 0 Å². The van der Waals surface area contributed by atoms with Crippen molar-refractivity contribution >= 4 is 18.2 Å². The maximum Gasteiger partial charge on any atom is 0.343 e. The summed E-state index contributed by atoms with van der Waals surface area (Å²) in [6.07, 6.45) is 2.92. The summed E-state index contributed by atoms with van der Waals surface area (Å²) >= 11 is 0. The van der Waals surface area contributed by atoms with Crippen LogP contribution >= 0.6 is 0 Å². The number of nitrogens with one attached hydrogen (secondary N) is 1. The molecule has 9 nitrogen and oxygen atoms in total. The molecule has 0 saturated carbocycles. The number of hydrogen-bond donors (Lipinski definition) is 3. The van der Waals surface area contributed by atoms with Crippen molar-refractivity contribution in [3.8, 4) is 0 Å². The Hall–Kier alpha value is -2.75. The number of ketones is 1. The normalized spacial score (nSPS) is 14.9. The van der Waals surface area contributed by atoms with Gasteiger partial charge in [-0.3, -0.25) is 14.8 Å². The van der Waals surface area contributed by atoms with Gasteiger partial charge in [-0.25, -0.2) is 14.2 Å². The summed E-state index contributed by atoms with van der Waals surface area (Å²) in [5, 5.41) is 22.2. The predicted octanol–water partition coefficient (Wildman–Crippen LogP) is 2.11. The molecule has 0 aliphatic carbocycles. The van der Waals surface area contributed by atoms with Crippen LogP contribution in [0.15, 0.2) is 23.3 Å². The zero-order chi connectivity index (χ0) is 22.2. The molecule has 10 heteroatoms. The molecule has 2 atom stereocenters. The fourth-order valence-electron chi connectivity index (χ4n) is 2.84. The van der Waals surface area contributed by atoms with Crippen molar-refractivity contribution in [1.82, 2.24) is 15.1 Å². The third-order valence-corrected chi connectivity index (χ3v) is 4.93. The van der Waals surface area contributed by atoms with E-state index in [2.05, 4.69) is 10.3 Å². The highest BCUT2D eigenvalue weighted by Crippen LogP contribution is 2.25. The molecule has 0 fully saturated rings. The van der Waals surface area contributed by atoms with E-state index >= 15 is 0 Å². The number of nitrogens with zero attached hydrogens (tertiary/aromatic N) is 3. The first-order valence-electron chi connectivity index (χ1n) is 9.44. The Labute approximate surface area is 168 Å². The Bertz CT molecular complexity index is 795. The highest BCUT2D eigenvalue weighted by atomic mass is 19.1. The maximum absolute atomic E-state index is 13.2. The molecule has 0 radical (unpaired) electrons. The number of pyridine rings is 1. The van der Waals surface area contributed by atoms with Crippen molar-refractivity contribution < 1.29 is 29.2 Å². The number of rotatable bonds is 10. The summed E-state index contributed by atoms with van der Waals surface area (Å²) in [7, 11) is 0. The monoisotopic (exact) mass is 412 g/mol. The molecule has 0 saturated heterocycles. The molecule has 29 heavy (non-hydrogen) atoms. The zero-order valence-corrected chi connectivity index (χ0v) is 17.1. The average Bonchev–Trinajstić information content (AvgIpc) is 2.66. The van der Waals surface area contributed by atoms with Crippen LogP contribution in [0.4, 0.5) is 9.18 Å². The van der Waals surface area contributed by atoms with Crippen LogP contribution in [0, 0.1) is 17.7 Å². The molecule has 3 amide bonds. The van der Waals surface area contributed by atoms with Gasteiger partial charge in [0.15, 0.2) is 11.3 Å². The summed E-state index contributed by atoms with van der Waals surface area (Å²) in [6.45, 7) is 6.80. The average molecular weight is 412 g/mol. The van der Waals surface area contributed by atoms with E-state index in [4.69, 9.17) is 0 Å². The van der Waals surface area contributed by atoms with Crippen LogP contribution in [0.3, 0.4) is 0 Å². The Morgan fingerprint density at radius 2 is 2.07 bits per heavy atom. The number of amides is 3. The minimum absolute atomic E-state index is 0.188. The van der Waals surface area contributed by atoms with E-state index in [1.807, 2.05) is 6.92 Å². The number of carbonyl (C=O) groups excluding carboxylic acids is 3. The van der Waals surface area contributed by atoms with Gasteiger partial charge in [0.1, 0.15) is 11.4 Å². The third-order valence-electron chi connectivity index (χ3n) is 4.93. The van der Waals surface area contributed by atoms with Gasteiger partial charge in [-0.2, -0.15) is 9.72 Å². The number of halogens is 1. The molecule has 162 valence electrons. The van der Waals surface area contributed by atoms with Gasteiger partial charge < -0.3 is 10.5 Å². The Morgan fingerprint density at radius 3 is 2.59 bits per heavy atom. The van der Waals surface area contributed by atoms with Crippen LogP contribution in [-0.4, -0.2) is 50.5 Å². The van der Waals surface area contributed by atoms with Gasteiger partial charge in [0.05, 0.1) is 12.7 Å². The first-order valence-corrected chi connectivity index (χ1v) is 9.44. The number of Topliss-reactive ketones (excluding diaryl/α,β-unsaturated/α-hetero) is 1. The van der Waals surface area contributed by atoms with Crippen LogP contribution in [-0.2, 0) is 9.59 Å². The molecule has 1 heterocycles. The van der Waals surface area contributed by atoms with E-state index in [9.17, 15) is 29.2 Å². The summed E-state index contributed by atoms with van der Waals surface area (Å²) < 4.78 is 13.4. The van der Waals surface area contributed by atoms with Gasteiger partial charge in [-0.05, 0) is 31.4 Å². The minimum atomic E-state index is -1.34. The Balaban J connectivity index is 3.16. The van der Waals surface area contributed by atoms with Crippen molar-refractivity contribution in [2.24, 2.45) is 16.8 Å². The lowest BCUT2D eigenvalue weighted by atomic mass is 9.77. The molecule has 1 aromatic rings. The quantitative estimate of drug-likeness (QED) is 0.235. The second-order valence-electron chi connectivity index (χ2n) is 7.38. The van der Waals surface area contributed by atoms with E-state index in [-0.39, 0.29) is 30.1 Å². The SMILES string of the molecule is CCCC[C@H](CN(O)C=O)C(=O)C(C)(NC(=O)N=c1ccc(F)cn1O)C(C)C. The topological polar surface area (TPSA) is 124 Å². The minimum Gasteiger partial charge on any atom is -0.427 e. The van der Waals surface area contributed by atoms with Crippen LogP contribution in [0.25, 0.3) is 0 Å². The number of unbranched alkanes of at least 4 members (excludes halogenated alkanes) is 1. The molecule has 3 N–H and O–H groups in total. The molecular formula is C19H29FN4O5. The van der Waals surface area contributed by atoms with Crippen LogP contribution in [0.2, 0.25) is 0 Å². The highest BCUT2D eigenvalue weighted by Gasteiger charge is 2.42. The highest BCUT2D eigenvalue weighted by molar-refractivity contribution is 5.94. The lowest BCUT2D eigenvalue weighted by Gasteiger charge is -2.36. The summed E-state index contributed by atoms with van der Waals surface area (Å²) in [4.78, 5) is 40.1. The standard InChI is InChI=1S/C19H29FN4O5/c1-5-6-7-14(10-23(28)12-25)17(26)19(4,13(2)3)22-18(27)21-16-9-8-15(20)11-24(16)29/h8-9,11-14,28-29H,5-7,10H2,1-4H3,(H,22,27)/t14-,19?/m1/s1. The Morgan fingerprint density at radius 1 is 1.41 bits per heavy atom. The van der Waals surface area contributed by atoms with Crippen LogP contribution in [0.5, 0.6) is 0 Å². The summed E-state index contributed by atoms with van der Waals surface area (Å²) in [5.74, 6) is -2.08. The van der Waals surface area contributed by atoms with Crippen molar-refractivity contribution in [1.29, 1.82) is 0 Å². The first kappa shape index (κ1) is 24.3. The molecule has 0 bridgehead atoms. The van der Waals surface area contributed by atoms with Gasteiger partial charge in [-0.1, -0.05) is 33.6 Å². The van der Waals surface area contributed by atoms with Crippen molar-refractivity contribution in [2.75, 3.05) is 6.54 Å². The Kier molecular flexibility index (Phi) is 8.96. The molecule has 0 aromatic carbocycles. The number of carbonyl (C=O) groups is 3. The summed E-state index contributed by atoms with van der Waals surface area (Å²) in [5.41, 5.74) is -1.56. The molecular weight excluding hydrogens is 383 g/mol. The number of aromatic nitrogens is 1. The van der Waals surface area contributed by atoms with Crippen molar-refractivity contribution in [2.45, 2.75) is 52.5 Å². The van der Waals surface area contributed by atoms with E-state index in [1.54, 1.807) is 20.8 Å². The molecule has 0 aliphatic rings.